The van der Waals surface area contributed by atoms with E-state index in [9.17, 15) is 4.79 Å². The van der Waals surface area contributed by atoms with Crippen molar-refractivity contribution in [2.75, 3.05) is 20.2 Å². The number of hydrogen-bond acceptors (Lipinski definition) is 4. The van der Waals surface area contributed by atoms with E-state index in [2.05, 4.69) is 15.6 Å². The maximum absolute atomic E-state index is 12.6. The fourth-order valence-corrected chi connectivity index (χ4v) is 4.18. The van der Waals surface area contributed by atoms with Crippen molar-refractivity contribution in [3.63, 3.8) is 0 Å². The highest BCUT2D eigenvalue weighted by atomic mass is 35.5. The van der Waals surface area contributed by atoms with Gasteiger partial charge in [-0.3, -0.25) is 4.79 Å². The molecule has 0 radical (unpaired) electrons. The predicted molar refractivity (Wildman–Crippen MR) is 106 cm³/mol. The van der Waals surface area contributed by atoms with Crippen LogP contribution in [-0.2, 0) is 4.74 Å². The number of fused-ring (bicyclic) bond motifs is 2. The number of carbonyl (C=O) groups is 1. The average molecular weight is 422 g/mol. The summed E-state index contributed by atoms with van der Waals surface area (Å²) in [6.45, 7) is 2.08. The molecule has 0 aromatic carbocycles. The standard InChI is InChI=1S/C17H21ClN4O2.2ClH/c1-24-15-5-11-7-19-6-10(11)4-13(15)21-17(23)14-9-22-8-12(18)2-3-16(22)20-14;;/h2-3,8-11,13,15,19H,4-7H2,1H3,(H,21,23);2*1H/t10-,11+,13-,15-;;/m0../s1. The van der Waals surface area contributed by atoms with Gasteiger partial charge in [-0.05, 0) is 49.9 Å². The molecular weight excluding hydrogens is 399 g/mol. The lowest BCUT2D eigenvalue weighted by Gasteiger charge is -2.37. The first kappa shape index (κ1) is 21.3. The highest BCUT2D eigenvalue weighted by molar-refractivity contribution is 6.30. The minimum Gasteiger partial charge on any atom is -0.379 e. The van der Waals surface area contributed by atoms with Crippen molar-refractivity contribution >= 4 is 48.0 Å². The van der Waals surface area contributed by atoms with Crippen molar-refractivity contribution in [1.82, 2.24) is 20.0 Å². The van der Waals surface area contributed by atoms with Crippen LogP contribution in [0.5, 0.6) is 0 Å². The normalized spacial score (nSPS) is 27.3. The monoisotopic (exact) mass is 420 g/mol. The van der Waals surface area contributed by atoms with Crippen LogP contribution in [0.1, 0.15) is 23.3 Å². The number of methoxy groups -OCH3 is 1. The zero-order chi connectivity index (χ0) is 16.7. The maximum atomic E-state index is 12.6. The number of ether oxygens (including phenoxy) is 1. The molecule has 1 saturated carbocycles. The van der Waals surface area contributed by atoms with E-state index in [4.69, 9.17) is 16.3 Å². The molecule has 144 valence electrons. The van der Waals surface area contributed by atoms with Crippen molar-refractivity contribution < 1.29 is 9.53 Å². The number of amides is 1. The second-order valence-corrected chi connectivity index (χ2v) is 7.18. The summed E-state index contributed by atoms with van der Waals surface area (Å²) in [7, 11) is 1.72. The van der Waals surface area contributed by atoms with Gasteiger partial charge >= 0.3 is 0 Å². The molecule has 2 fully saturated rings. The summed E-state index contributed by atoms with van der Waals surface area (Å²) in [5, 5.41) is 7.17. The largest absolute Gasteiger partial charge is 0.379 e. The van der Waals surface area contributed by atoms with Crippen molar-refractivity contribution in [3.05, 3.63) is 35.2 Å². The summed E-state index contributed by atoms with van der Waals surface area (Å²) in [4.78, 5) is 17.0. The van der Waals surface area contributed by atoms with Gasteiger partial charge in [0.15, 0.2) is 0 Å². The number of aromatic nitrogens is 2. The van der Waals surface area contributed by atoms with Crippen LogP contribution in [0.15, 0.2) is 24.5 Å². The smallest absolute Gasteiger partial charge is 0.271 e. The summed E-state index contributed by atoms with van der Waals surface area (Å²) in [6.07, 6.45) is 5.44. The Balaban J connectivity index is 0.00000121. The summed E-state index contributed by atoms with van der Waals surface area (Å²) in [5.74, 6) is 1.10. The molecule has 0 bridgehead atoms. The third-order valence-electron chi connectivity index (χ3n) is 5.29. The highest BCUT2D eigenvalue weighted by Gasteiger charge is 2.40. The maximum Gasteiger partial charge on any atom is 0.271 e. The lowest BCUT2D eigenvalue weighted by molar-refractivity contribution is 0.0125. The van der Waals surface area contributed by atoms with Crippen LogP contribution >= 0.6 is 36.4 Å². The first-order valence-electron chi connectivity index (χ1n) is 8.32. The van der Waals surface area contributed by atoms with Gasteiger partial charge in [-0.2, -0.15) is 0 Å². The Bertz CT molecular complexity index is 770. The number of rotatable bonds is 3. The Morgan fingerprint density at radius 2 is 2.00 bits per heavy atom. The number of halogens is 3. The molecule has 1 saturated heterocycles. The Morgan fingerprint density at radius 1 is 1.27 bits per heavy atom. The van der Waals surface area contributed by atoms with Gasteiger partial charge in [0.25, 0.3) is 5.91 Å². The molecule has 2 N–H and O–H groups in total. The van der Waals surface area contributed by atoms with E-state index in [1.807, 2.05) is 0 Å². The molecule has 4 atom stereocenters. The van der Waals surface area contributed by atoms with Gasteiger partial charge in [-0.1, -0.05) is 11.6 Å². The first-order valence-corrected chi connectivity index (χ1v) is 8.70. The van der Waals surface area contributed by atoms with Crippen LogP contribution in [0, 0.1) is 11.8 Å². The fourth-order valence-electron chi connectivity index (χ4n) is 4.01. The molecule has 1 amide bonds. The summed E-state index contributed by atoms with van der Waals surface area (Å²) < 4.78 is 7.40. The van der Waals surface area contributed by atoms with Crippen LogP contribution in [0.25, 0.3) is 5.65 Å². The summed E-state index contributed by atoms with van der Waals surface area (Å²) in [6, 6.07) is 3.59. The molecule has 0 unspecified atom stereocenters. The van der Waals surface area contributed by atoms with Gasteiger partial charge in [0, 0.05) is 19.5 Å². The number of nitrogens with one attached hydrogen (secondary N) is 2. The van der Waals surface area contributed by atoms with Gasteiger partial charge in [0.05, 0.1) is 17.2 Å². The third-order valence-corrected chi connectivity index (χ3v) is 5.51. The molecule has 2 aliphatic rings. The topological polar surface area (TPSA) is 67.7 Å². The van der Waals surface area contributed by atoms with Crippen LogP contribution in [0.2, 0.25) is 5.02 Å². The van der Waals surface area contributed by atoms with Gasteiger partial charge in [0.1, 0.15) is 11.3 Å². The molecule has 1 aliphatic carbocycles. The van der Waals surface area contributed by atoms with E-state index in [1.165, 1.54) is 0 Å². The number of hydrogen-bond donors (Lipinski definition) is 2. The Labute approximate surface area is 169 Å². The van der Waals surface area contributed by atoms with E-state index in [1.54, 1.807) is 36.0 Å². The molecule has 26 heavy (non-hydrogen) atoms. The lowest BCUT2D eigenvalue weighted by atomic mass is 9.77. The van der Waals surface area contributed by atoms with E-state index < -0.39 is 0 Å². The highest BCUT2D eigenvalue weighted by Crippen LogP contribution is 2.34. The van der Waals surface area contributed by atoms with Gasteiger partial charge < -0.3 is 19.8 Å². The Kier molecular flexibility index (Phi) is 7.16. The molecule has 2 aromatic rings. The van der Waals surface area contributed by atoms with E-state index in [0.29, 0.717) is 28.2 Å². The first-order chi connectivity index (χ1) is 11.6. The van der Waals surface area contributed by atoms with Crippen LogP contribution in [0.3, 0.4) is 0 Å². The summed E-state index contributed by atoms with van der Waals surface area (Å²) in [5.41, 5.74) is 1.11. The van der Waals surface area contributed by atoms with Crippen LogP contribution < -0.4 is 10.6 Å². The Morgan fingerprint density at radius 3 is 2.73 bits per heavy atom. The summed E-state index contributed by atoms with van der Waals surface area (Å²) >= 11 is 5.98. The van der Waals surface area contributed by atoms with Gasteiger partial charge in [0.2, 0.25) is 0 Å². The third kappa shape index (κ3) is 4.10. The Hall–Kier alpha value is -1.05. The quantitative estimate of drug-likeness (QED) is 0.799. The van der Waals surface area contributed by atoms with Crippen molar-refractivity contribution in [1.29, 1.82) is 0 Å². The second-order valence-electron chi connectivity index (χ2n) is 6.74. The average Bonchev–Trinajstić information content (AvgIpc) is 3.19. The molecule has 6 nitrogen and oxygen atoms in total. The molecule has 3 heterocycles. The molecule has 9 heteroatoms. The van der Waals surface area contributed by atoms with Crippen molar-refractivity contribution in [2.24, 2.45) is 11.8 Å². The number of nitrogens with zero attached hydrogens (tertiary/aromatic N) is 2. The minimum atomic E-state index is -0.161. The van der Waals surface area contributed by atoms with Gasteiger partial charge in [-0.25, -0.2) is 4.98 Å². The van der Waals surface area contributed by atoms with Gasteiger partial charge in [-0.15, -0.1) is 24.8 Å². The molecular formula is C17H23Cl3N4O2. The van der Waals surface area contributed by atoms with Crippen LogP contribution in [-0.4, -0.2) is 47.6 Å². The van der Waals surface area contributed by atoms with E-state index >= 15 is 0 Å². The molecule has 2 aromatic heterocycles. The number of pyridine rings is 1. The molecule has 1 aliphatic heterocycles. The molecule has 4 rings (SSSR count). The van der Waals surface area contributed by atoms with E-state index in [0.717, 1.165) is 25.9 Å². The van der Waals surface area contributed by atoms with Crippen molar-refractivity contribution in [2.45, 2.75) is 25.0 Å². The predicted octanol–water partition coefficient (Wildman–Crippen LogP) is 2.57. The zero-order valence-corrected chi connectivity index (χ0v) is 16.7. The molecule has 0 spiro atoms. The minimum absolute atomic E-state index is 0. The number of imidazole rings is 1. The number of carbonyl (C=O) groups excluding carboxylic acids is 1. The lowest BCUT2D eigenvalue weighted by Crippen LogP contribution is -2.50. The zero-order valence-electron chi connectivity index (χ0n) is 14.4. The van der Waals surface area contributed by atoms with E-state index in [-0.39, 0.29) is 42.9 Å². The SMILES string of the molecule is CO[C@H]1C[C@@H]2CNC[C@@H]2C[C@@H]1NC(=O)c1cn2cc(Cl)ccc2n1.Cl.Cl. The van der Waals surface area contributed by atoms with Crippen LogP contribution in [0.4, 0.5) is 0 Å². The second kappa shape index (κ2) is 8.76. The fraction of sp³-hybridized carbons (Fsp3) is 0.529. The van der Waals surface area contributed by atoms with Crippen molar-refractivity contribution in [3.8, 4) is 0 Å².